The highest BCUT2D eigenvalue weighted by atomic mass is 14.9. The molecule has 2 aromatic carbocycles. The summed E-state index contributed by atoms with van der Waals surface area (Å²) in [5.74, 6) is 0. The largest absolute Gasteiger partial charge is 0.310 e. The van der Waals surface area contributed by atoms with Gasteiger partial charge in [-0.2, -0.15) is 0 Å². The topological polar surface area (TPSA) is 12.0 Å². The summed E-state index contributed by atoms with van der Waals surface area (Å²) < 4.78 is 0. The van der Waals surface area contributed by atoms with Gasteiger partial charge in [-0.15, -0.1) is 0 Å². The van der Waals surface area contributed by atoms with E-state index in [0.29, 0.717) is 11.5 Å². The zero-order valence-electron chi connectivity index (χ0n) is 11.2. The van der Waals surface area contributed by atoms with Crippen LogP contribution in [0.25, 0.3) is 10.8 Å². The van der Waals surface area contributed by atoms with Gasteiger partial charge in [-0.1, -0.05) is 49.4 Å². The summed E-state index contributed by atoms with van der Waals surface area (Å²) in [6.07, 6.45) is 2.74. The average molecular weight is 239 g/mol. The second kappa shape index (κ2) is 4.40. The number of hydrogen-bond donors (Lipinski definition) is 1. The first-order chi connectivity index (χ1) is 8.69. The van der Waals surface area contributed by atoms with Gasteiger partial charge >= 0.3 is 0 Å². The third-order valence-electron chi connectivity index (χ3n) is 4.56. The highest BCUT2D eigenvalue weighted by molar-refractivity contribution is 5.85. The molecule has 0 aliphatic heterocycles. The van der Waals surface area contributed by atoms with E-state index in [1.54, 1.807) is 0 Å². The molecule has 0 radical (unpaired) electrons. The Balaban J connectivity index is 1.78. The molecule has 0 amide bonds. The van der Waals surface area contributed by atoms with Gasteiger partial charge in [0.25, 0.3) is 0 Å². The highest BCUT2D eigenvalue weighted by Gasteiger charge is 2.42. The Hall–Kier alpha value is -1.34. The molecular formula is C17H21N. The van der Waals surface area contributed by atoms with Crippen molar-refractivity contribution < 1.29 is 0 Å². The molecule has 0 saturated heterocycles. The van der Waals surface area contributed by atoms with Crippen LogP contribution in [-0.4, -0.2) is 6.04 Å². The lowest BCUT2D eigenvalue weighted by Gasteiger charge is -2.21. The standard InChI is InChI=1S/C17H21N/c1-13(17(2)10-11-17)18-12-15-8-5-7-14-6-3-4-9-16(14)15/h3-9,13,18H,10-12H2,1-2H3. The van der Waals surface area contributed by atoms with Crippen molar-refractivity contribution in [3.05, 3.63) is 48.0 Å². The minimum atomic E-state index is 0.546. The van der Waals surface area contributed by atoms with Crippen molar-refractivity contribution in [2.75, 3.05) is 0 Å². The van der Waals surface area contributed by atoms with Crippen molar-refractivity contribution in [2.45, 2.75) is 39.3 Å². The lowest BCUT2D eigenvalue weighted by atomic mass is 9.99. The molecule has 94 valence electrons. The molecule has 1 atom stereocenters. The van der Waals surface area contributed by atoms with Crippen LogP contribution in [0.2, 0.25) is 0 Å². The third-order valence-corrected chi connectivity index (χ3v) is 4.56. The summed E-state index contributed by atoms with van der Waals surface area (Å²) in [5.41, 5.74) is 1.95. The van der Waals surface area contributed by atoms with Crippen molar-refractivity contribution in [3.63, 3.8) is 0 Å². The van der Waals surface area contributed by atoms with Crippen LogP contribution in [0.3, 0.4) is 0 Å². The second-order valence-corrected chi connectivity index (χ2v) is 5.89. The van der Waals surface area contributed by atoms with Crippen LogP contribution in [0.4, 0.5) is 0 Å². The normalized spacial score (nSPS) is 18.8. The van der Waals surface area contributed by atoms with E-state index in [4.69, 9.17) is 0 Å². The van der Waals surface area contributed by atoms with Gasteiger partial charge in [-0.3, -0.25) is 0 Å². The van der Waals surface area contributed by atoms with E-state index in [1.807, 2.05) is 0 Å². The number of rotatable bonds is 4. The Morgan fingerprint density at radius 1 is 1.11 bits per heavy atom. The van der Waals surface area contributed by atoms with Gasteiger partial charge < -0.3 is 5.32 Å². The van der Waals surface area contributed by atoms with E-state index in [-0.39, 0.29) is 0 Å². The third kappa shape index (κ3) is 2.15. The minimum absolute atomic E-state index is 0.546. The van der Waals surface area contributed by atoms with Gasteiger partial charge in [-0.05, 0) is 41.5 Å². The maximum Gasteiger partial charge on any atom is 0.0214 e. The lowest BCUT2D eigenvalue weighted by molar-refractivity contribution is 0.380. The van der Waals surface area contributed by atoms with E-state index in [9.17, 15) is 0 Å². The van der Waals surface area contributed by atoms with Crippen molar-refractivity contribution in [2.24, 2.45) is 5.41 Å². The molecule has 1 heteroatoms. The highest BCUT2D eigenvalue weighted by Crippen LogP contribution is 2.48. The first kappa shape index (κ1) is 11.7. The van der Waals surface area contributed by atoms with E-state index >= 15 is 0 Å². The quantitative estimate of drug-likeness (QED) is 0.846. The molecule has 0 spiro atoms. The predicted molar refractivity (Wildman–Crippen MR) is 77.6 cm³/mol. The van der Waals surface area contributed by atoms with E-state index in [1.165, 1.54) is 29.2 Å². The zero-order valence-corrected chi connectivity index (χ0v) is 11.2. The lowest BCUT2D eigenvalue weighted by Crippen LogP contribution is -2.32. The molecule has 3 rings (SSSR count). The molecule has 0 aromatic heterocycles. The molecule has 0 bridgehead atoms. The number of hydrogen-bond acceptors (Lipinski definition) is 1. The van der Waals surface area contributed by atoms with Gasteiger partial charge in [-0.25, -0.2) is 0 Å². The van der Waals surface area contributed by atoms with E-state index in [2.05, 4.69) is 61.6 Å². The summed E-state index contributed by atoms with van der Waals surface area (Å²) in [6, 6.07) is 15.8. The summed E-state index contributed by atoms with van der Waals surface area (Å²) in [4.78, 5) is 0. The van der Waals surface area contributed by atoms with Crippen molar-refractivity contribution in [1.82, 2.24) is 5.32 Å². The molecule has 1 nitrogen and oxygen atoms in total. The summed E-state index contributed by atoms with van der Waals surface area (Å²) in [6.45, 7) is 5.67. The molecule has 1 fully saturated rings. The number of fused-ring (bicyclic) bond motifs is 1. The summed E-state index contributed by atoms with van der Waals surface area (Å²) >= 11 is 0. The second-order valence-electron chi connectivity index (χ2n) is 5.89. The fourth-order valence-electron chi connectivity index (χ4n) is 2.59. The van der Waals surface area contributed by atoms with Crippen molar-refractivity contribution >= 4 is 10.8 Å². The molecular weight excluding hydrogens is 218 g/mol. The molecule has 18 heavy (non-hydrogen) atoms. The summed E-state index contributed by atoms with van der Waals surface area (Å²) in [5, 5.41) is 6.40. The molecule has 1 saturated carbocycles. The molecule has 1 aliphatic carbocycles. The molecule has 2 aromatic rings. The molecule has 0 heterocycles. The average Bonchev–Trinajstić information content (AvgIpc) is 3.15. The Morgan fingerprint density at radius 3 is 2.61 bits per heavy atom. The van der Waals surface area contributed by atoms with Gasteiger partial charge in [0, 0.05) is 12.6 Å². The Morgan fingerprint density at radius 2 is 1.83 bits per heavy atom. The fraction of sp³-hybridized carbons (Fsp3) is 0.412. The fourth-order valence-corrected chi connectivity index (χ4v) is 2.59. The molecule has 1 N–H and O–H groups in total. The van der Waals surface area contributed by atoms with E-state index < -0.39 is 0 Å². The number of benzene rings is 2. The van der Waals surface area contributed by atoms with Gasteiger partial charge in [0.2, 0.25) is 0 Å². The Kier molecular flexibility index (Phi) is 2.87. The van der Waals surface area contributed by atoms with Crippen LogP contribution >= 0.6 is 0 Å². The van der Waals surface area contributed by atoms with Gasteiger partial charge in [0.15, 0.2) is 0 Å². The SMILES string of the molecule is CC(NCc1cccc2ccccc12)C1(C)CC1. The van der Waals surface area contributed by atoms with Crippen LogP contribution in [0.1, 0.15) is 32.3 Å². The Labute approximate surface area is 109 Å². The predicted octanol–water partition coefficient (Wildman–Crippen LogP) is 4.12. The van der Waals surface area contributed by atoms with Crippen LogP contribution in [0.5, 0.6) is 0 Å². The first-order valence-corrected chi connectivity index (χ1v) is 6.89. The van der Waals surface area contributed by atoms with Crippen LogP contribution < -0.4 is 5.32 Å². The van der Waals surface area contributed by atoms with Crippen molar-refractivity contribution in [3.8, 4) is 0 Å². The smallest absolute Gasteiger partial charge is 0.0214 e. The zero-order chi connectivity index (χ0) is 12.6. The monoisotopic (exact) mass is 239 g/mol. The Bertz CT molecular complexity index is 549. The maximum atomic E-state index is 3.69. The molecule has 1 unspecified atom stereocenters. The summed E-state index contributed by atoms with van der Waals surface area (Å²) in [7, 11) is 0. The van der Waals surface area contributed by atoms with Crippen LogP contribution in [0.15, 0.2) is 42.5 Å². The first-order valence-electron chi connectivity index (χ1n) is 6.89. The number of nitrogens with one attached hydrogen (secondary N) is 1. The minimum Gasteiger partial charge on any atom is -0.310 e. The van der Waals surface area contributed by atoms with E-state index in [0.717, 1.165) is 6.54 Å². The molecule has 1 aliphatic rings. The van der Waals surface area contributed by atoms with Gasteiger partial charge in [0.05, 0.1) is 0 Å². The van der Waals surface area contributed by atoms with Crippen molar-refractivity contribution in [1.29, 1.82) is 0 Å². The van der Waals surface area contributed by atoms with Crippen LogP contribution in [0, 0.1) is 5.41 Å². The van der Waals surface area contributed by atoms with Crippen LogP contribution in [-0.2, 0) is 6.54 Å². The maximum absolute atomic E-state index is 3.69. The van der Waals surface area contributed by atoms with Gasteiger partial charge in [0.1, 0.15) is 0 Å².